The van der Waals surface area contributed by atoms with E-state index in [9.17, 15) is 9.59 Å². The van der Waals surface area contributed by atoms with Crippen molar-refractivity contribution >= 4 is 17.8 Å². The number of rotatable bonds is 6. The summed E-state index contributed by atoms with van der Waals surface area (Å²) < 4.78 is 8.11. The number of benzene rings is 1. The van der Waals surface area contributed by atoms with Crippen LogP contribution in [0.5, 0.6) is 5.75 Å². The standard InChI is InChI=1S/C30H36N6O3/c1-19-6-5-7-24(19)39-22-11-8-20(9-12-22)17-35-18-21-10-13-23(32-27(21)30(35,2)3)28-31-16-26(34(28)4)36-15-14-25(37)33-29(36)38/h8-13,16,19,24H,5-7,14-15,17-18H2,1-4H3,(H,33,37,38)/t19-,24-/m1/s1. The number of carbonyl (C=O) groups excluding carboxylic acids is 2. The molecular weight excluding hydrogens is 492 g/mol. The van der Waals surface area contributed by atoms with Crippen molar-refractivity contribution in [2.45, 2.75) is 71.2 Å². The van der Waals surface area contributed by atoms with Crippen LogP contribution in [0.3, 0.4) is 0 Å². The lowest BCUT2D eigenvalue weighted by Gasteiger charge is -2.31. The molecule has 1 saturated heterocycles. The summed E-state index contributed by atoms with van der Waals surface area (Å²) in [5, 5.41) is 2.37. The second-order valence-corrected chi connectivity index (χ2v) is 11.6. The molecule has 2 atom stereocenters. The van der Waals surface area contributed by atoms with Crippen LogP contribution >= 0.6 is 0 Å². The monoisotopic (exact) mass is 528 g/mol. The molecule has 39 heavy (non-hydrogen) atoms. The number of nitrogens with one attached hydrogen (secondary N) is 1. The number of urea groups is 1. The van der Waals surface area contributed by atoms with Gasteiger partial charge < -0.3 is 9.30 Å². The number of nitrogens with zero attached hydrogens (tertiary/aromatic N) is 5. The first kappa shape index (κ1) is 25.6. The zero-order valence-electron chi connectivity index (χ0n) is 23.1. The highest BCUT2D eigenvalue weighted by Gasteiger charge is 2.39. The highest BCUT2D eigenvalue weighted by Crippen LogP contribution is 2.40. The summed E-state index contributed by atoms with van der Waals surface area (Å²) in [7, 11) is 1.87. The molecule has 2 fully saturated rings. The summed E-state index contributed by atoms with van der Waals surface area (Å²) in [6.45, 7) is 8.67. The number of aromatic nitrogens is 3. The van der Waals surface area contributed by atoms with Gasteiger partial charge in [0.25, 0.3) is 0 Å². The van der Waals surface area contributed by atoms with Crippen LogP contribution in [0.4, 0.5) is 10.6 Å². The van der Waals surface area contributed by atoms with E-state index >= 15 is 0 Å². The van der Waals surface area contributed by atoms with Gasteiger partial charge in [0.15, 0.2) is 5.82 Å². The molecule has 0 bridgehead atoms. The van der Waals surface area contributed by atoms with Crippen LogP contribution < -0.4 is 15.0 Å². The number of fused-ring (bicyclic) bond motifs is 1. The molecular formula is C30H36N6O3. The molecule has 3 aliphatic rings. The Morgan fingerprint density at radius 1 is 1.10 bits per heavy atom. The Bertz CT molecular complexity index is 1410. The third-order valence-corrected chi connectivity index (χ3v) is 8.60. The van der Waals surface area contributed by atoms with Gasteiger partial charge in [0, 0.05) is 33.1 Å². The Morgan fingerprint density at radius 3 is 2.62 bits per heavy atom. The topological polar surface area (TPSA) is 92.6 Å². The number of pyridine rings is 1. The normalized spacial score (nSPS) is 22.7. The van der Waals surface area contributed by atoms with E-state index in [-0.39, 0.29) is 17.9 Å². The van der Waals surface area contributed by atoms with Crippen molar-refractivity contribution in [3.05, 3.63) is 59.4 Å². The Balaban J connectivity index is 1.18. The van der Waals surface area contributed by atoms with Gasteiger partial charge in [-0.05, 0) is 68.4 Å². The van der Waals surface area contributed by atoms with E-state index in [0.717, 1.165) is 36.6 Å². The first-order valence-corrected chi connectivity index (χ1v) is 13.8. The fourth-order valence-corrected chi connectivity index (χ4v) is 6.10. The molecule has 6 rings (SSSR count). The van der Waals surface area contributed by atoms with Crippen molar-refractivity contribution < 1.29 is 14.3 Å². The number of amides is 3. The van der Waals surface area contributed by atoms with Crippen molar-refractivity contribution in [2.24, 2.45) is 13.0 Å². The van der Waals surface area contributed by atoms with E-state index in [2.05, 4.69) is 66.3 Å². The smallest absolute Gasteiger partial charge is 0.329 e. The SMILES string of the molecule is C[C@@H]1CCC[C@H]1Oc1ccc(CN2Cc3ccc(-c4ncc(N5CCC(=O)NC5=O)n4C)nc3C2(C)C)cc1. The van der Waals surface area contributed by atoms with E-state index < -0.39 is 6.03 Å². The summed E-state index contributed by atoms with van der Waals surface area (Å²) in [6, 6.07) is 12.3. The first-order valence-electron chi connectivity index (χ1n) is 13.8. The molecule has 3 aromatic rings. The number of carbonyl (C=O) groups is 2. The molecule has 2 aromatic heterocycles. The second-order valence-electron chi connectivity index (χ2n) is 11.6. The average Bonchev–Trinajstić information content (AvgIpc) is 3.56. The summed E-state index contributed by atoms with van der Waals surface area (Å²) in [4.78, 5) is 37.6. The minimum atomic E-state index is -0.424. The van der Waals surface area contributed by atoms with Gasteiger partial charge in [0.05, 0.1) is 17.4 Å². The fourth-order valence-electron chi connectivity index (χ4n) is 6.10. The Labute approximate surface area is 229 Å². The molecule has 1 aromatic carbocycles. The van der Waals surface area contributed by atoms with Crippen LogP contribution in [0, 0.1) is 5.92 Å². The van der Waals surface area contributed by atoms with Crippen molar-refractivity contribution in [1.29, 1.82) is 0 Å². The van der Waals surface area contributed by atoms with E-state index in [4.69, 9.17) is 9.72 Å². The largest absolute Gasteiger partial charge is 0.490 e. The van der Waals surface area contributed by atoms with Crippen LogP contribution in [0.15, 0.2) is 42.6 Å². The zero-order chi connectivity index (χ0) is 27.3. The number of imide groups is 1. The molecule has 1 aliphatic carbocycles. The number of ether oxygens (including phenoxy) is 1. The quantitative estimate of drug-likeness (QED) is 0.497. The van der Waals surface area contributed by atoms with E-state index in [1.54, 1.807) is 11.1 Å². The molecule has 3 amide bonds. The van der Waals surface area contributed by atoms with Crippen LogP contribution in [0.1, 0.15) is 63.3 Å². The number of hydrogen-bond acceptors (Lipinski definition) is 6. The molecule has 9 heteroatoms. The predicted molar refractivity (Wildman–Crippen MR) is 148 cm³/mol. The van der Waals surface area contributed by atoms with Gasteiger partial charge in [-0.25, -0.2) is 14.8 Å². The van der Waals surface area contributed by atoms with E-state index in [1.165, 1.54) is 24.0 Å². The highest BCUT2D eigenvalue weighted by molar-refractivity contribution is 6.05. The Morgan fingerprint density at radius 2 is 1.90 bits per heavy atom. The summed E-state index contributed by atoms with van der Waals surface area (Å²) >= 11 is 0. The maximum Gasteiger partial charge on any atom is 0.329 e. The van der Waals surface area contributed by atoms with Crippen LogP contribution in [0.2, 0.25) is 0 Å². The fraction of sp³-hybridized carbons (Fsp3) is 0.467. The molecule has 4 heterocycles. The summed E-state index contributed by atoms with van der Waals surface area (Å²) in [5.74, 6) is 2.63. The van der Waals surface area contributed by atoms with Gasteiger partial charge in [0.1, 0.15) is 23.4 Å². The van der Waals surface area contributed by atoms with Crippen molar-refractivity contribution in [3.8, 4) is 17.3 Å². The van der Waals surface area contributed by atoms with Gasteiger partial charge in [-0.2, -0.15) is 0 Å². The Hall–Kier alpha value is -3.72. The third kappa shape index (κ3) is 4.69. The van der Waals surface area contributed by atoms with E-state index in [1.807, 2.05) is 17.7 Å². The van der Waals surface area contributed by atoms with Crippen molar-refractivity contribution in [3.63, 3.8) is 0 Å². The number of imidazole rings is 1. The van der Waals surface area contributed by atoms with Gasteiger partial charge in [-0.15, -0.1) is 0 Å². The second kappa shape index (κ2) is 9.79. The highest BCUT2D eigenvalue weighted by atomic mass is 16.5. The lowest BCUT2D eigenvalue weighted by atomic mass is 9.98. The number of hydrogen-bond donors (Lipinski definition) is 1. The first-order chi connectivity index (χ1) is 18.7. The molecule has 2 aliphatic heterocycles. The van der Waals surface area contributed by atoms with Crippen LogP contribution in [-0.4, -0.2) is 44.0 Å². The Kier molecular flexibility index (Phi) is 6.41. The molecule has 1 N–H and O–H groups in total. The average molecular weight is 529 g/mol. The van der Waals surface area contributed by atoms with Crippen molar-refractivity contribution in [1.82, 2.24) is 24.8 Å². The third-order valence-electron chi connectivity index (χ3n) is 8.60. The van der Waals surface area contributed by atoms with Crippen LogP contribution in [0.25, 0.3) is 11.5 Å². The molecule has 9 nitrogen and oxygen atoms in total. The minimum absolute atomic E-state index is 0.256. The maximum absolute atomic E-state index is 12.4. The minimum Gasteiger partial charge on any atom is -0.490 e. The molecule has 204 valence electrons. The lowest BCUT2D eigenvalue weighted by molar-refractivity contribution is -0.120. The molecule has 0 unspecified atom stereocenters. The maximum atomic E-state index is 12.4. The van der Waals surface area contributed by atoms with E-state index in [0.29, 0.717) is 30.2 Å². The predicted octanol–water partition coefficient (Wildman–Crippen LogP) is 4.75. The van der Waals surface area contributed by atoms with Gasteiger partial charge in [0.2, 0.25) is 5.91 Å². The summed E-state index contributed by atoms with van der Waals surface area (Å²) in [5.41, 5.74) is 3.99. The number of anilines is 1. The van der Waals surface area contributed by atoms with Gasteiger partial charge >= 0.3 is 6.03 Å². The lowest BCUT2D eigenvalue weighted by Crippen LogP contribution is -2.50. The molecule has 0 spiro atoms. The van der Waals surface area contributed by atoms with Gasteiger partial charge in [-0.1, -0.05) is 25.1 Å². The van der Waals surface area contributed by atoms with Gasteiger partial charge in [-0.3, -0.25) is 19.9 Å². The zero-order valence-corrected chi connectivity index (χ0v) is 23.1. The summed E-state index contributed by atoms with van der Waals surface area (Å²) in [6.07, 6.45) is 5.91. The van der Waals surface area contributed by atoms with Crippen LogP contribution in [-0.2, 0) is 30.5 Å². The molecule has 1 saturated carbocycles. The van der Waals surface area contributed by atoms with Crippen molar-refractivity contribution in [2.75, 3.05) is 11.4 Å². The molecule has 0 radical (unpaired) electrons.